The zero-order valence-corrected chi connectivity index (χ0v) is 16.3. The minimum Gasteiger partial charge on any atom is -0.328 e. The summed E-state index contributed by atoms with van der Waals surface area (Å²) in [6.45, 7) is 2.19. The summed E-state index contributed by atoms with van der Waals surface area (Å²) < 4.78 is 28.0. The van der Waals surface area contributed by atoms with E-state index >= 15 is 0 Å². The molecule has 0 bridgehead atoms. The summed E-state index contributed by atoms with van der Waals surface area (Å²) in [6.07, 6.45) is 3.58. The Hall–Kier alpha value is -2.94. The van der Waals surface area contributed by atoms with Gasteiger partial charge in [-0.3, -0.25) is 13.9 Å². The Morgan fingerprint density at radius 2 is 2.07 bits per heavy atom. The van der Waals surface area contributed by atoms with Crippen LogP contribution in [0.1, 0.15) is 42.0 Å². The molecule has 146 valence electrons. The molecule has 0 spiro atoms. The number of hydrogen-bond acceptors (Lipinski definition) is 5. The third kappa shape index (κ3) is 3.45. The molecule has 9 heteroatoms. The van der Waals surface area contributed by atoms with Crippen molar-refractivity contribution in [1.29, 1.82) is 0 Å². The van der Waals surface area contributed by atoms with Gasteiger partial charge in [-0.25, -0.2) is 8.42 Å². The summed E-state index contributed by atoms with van der Waals surface area (Å²) in [5.41, 5.74) is 1.57. The molecule has 3 aromatic rings. The van der Waals surface area contributed by atoms with E-state index in [9.17, 15) is 13.2 Å². The summed E-state index contributed by atoms with van der Waals surface area (Å²) in [4.78, 5) is 15.0. The van der Waals surface area contributed by atoms with Crippen molar-refractivity contribution >= 4 is 27.3 Å². The Bertz CT molecular complexity index is 1130. The standard InChI is InChI=1S/C19H21N5O3S/c1-2-28(26,27)22-15-8-5-7-14(13-15)19(25)23-12-6-9-16(23)18-21-20-17-10-3-4-11-24(17)18/h3-5,7-8,10-11,13,16,22H,2,6,9,12H2,1H3/t16-/m1/s1. The molecule has 0 saturated carbocycles. The lowest BCUT2D eigenvalue weighted by atomic mass is 10.1. The lowest BCUT2D eigenvalue weighted by Gasteiger charge is -2.24. The van der Waals surface area contributed by atoms with Crippen LogP contribution in [0.25, 0.3) is 5.65 Å². The molecular formula is C19H21N5O3S. The van der Waals surface area contributed by atoms with Gasteiger partial charge in [0.15, 0.2) is 11.5 Å². The molecule has 4 rings (SSSR count). The molecule has 1 aromatic carbocycles. The Kier molecular flexibility index (Phi) is 4.76. The van der Waals surface area contributed by atoms with E-state index in [2.05, 4.69) is 14.9 Å². The fourth-order valence-corrected chi connectivity index (χ4v) is 4.13. The summed E-state index contributed by atoms with van der Waals surface area (Å²) >= 11 is 0. The van der Waals surface area contributed by atoms with Crippen molar-refractivity contribution in [2.24, 2.45) is 0 Å². The van der Waals surface area contributed by atoms with Crippen molar-refractivity contribution in [2.45, 2.75) is 25.8 Å². The summed E-state index contributed by atoms with van der Waals surface area (Å²) in [6, 6.07) is 12.1. The highest BCUT2D eigenvalue weighted by molar-refractivity contribution is 7.92. The van der Waals surface area contributed by atoms with Gasteiger partial charge in [0, 0.05) is 24.0 Å². The summed E-state index contributed by atoms with van der Waals surface area (Å²) in [7, 11) is -3.40. The lowest BCUT2D eigenvalue weighted by Crippen LogP contribution is -2.31. The monoisotopic (exact) mass is 399 g/mol. The highest BCUT2D eigenvalue weighted by Crippen LogP contribution is 2.32. The quantitative estimate of drug-likeness (QED) is 0.711. The van der Waals surface area contributed by atoms with E-state index in [0.29, 0.717) is 17.8 Å². The number of nitrogens with zero attached hydrogens (tertiary/aromatic N) is 4. The average molecular weight is 399 g/mol. The number of anilines is 1. The SMILES string of the molecule is CCS(=O)(=O)Nc1cccc(C(=O)N2CCC[C@@H]2c2nnc3ccccn23)c1. The van der Waals surface area contributed by atoms with Gasteiger partial charge < -0.3 is 4.90 Å². The number of fused-ring (bicyclic) bond motifs is 1. The fourth-order valence-electron chi connectivity index (χ4n) is 3.50. The highest BCUT2D eigenvalue weighted by atomic mass is 32.2. The normalized spacial score (nSPS) is 17.2. The van der Waals surface area contributed by atoms with Crippen molar-refractivity contribution in [2.75, 3.05) is 17.0 Å². The summed E-state index contributed by atoms with van der Waals surface area (Å²) in [5.74, 6) is 0.566. The van der Waals surface area contributed by atoms with Crippen molar-refractivity contribution in [3.63, 3.8) is 0 Å². The van der Waals surface area contributed by atoms with Crippen molar-refractivity contribution < 1.29 is 13.2 Å². The van der Waals surface area contributed by atoms with Crippen LogP contribution in [0.3, 0.4) is 0 Å². The van der Waals surface area contributed by atoms with Crippen LogP contribution in [0.5, 0.6) is 0 Å². The Morgan fingerprint density at radius 1 is 1.21 bits per heavy atom. The topological polar surface area (TPSA) is 96.7 Å². The number of aromatic nitrogens is 3. The van der Waals surface area contributed by atoms with Gasteiger partial charge in [-0.05, 0) is 50.1 Å². The van der Waals surface area contributed by atoms with Crippen molar-refractivity contribution in [1.82, 2.24) is 19.5 Å². The molecular weight excluding hydrogens is 378 g/mol. The van der Waals surface area contributed by atoms with E-state index in [-0.39, 0.29) is 17.7 Å². The average Bonchev–Trinajstić information content (AvgIpc) is 3.34. The van der Waals surface area contributed by atoms with E-state index in [1.807, 2.05) is 28.8 Å². The first-order chi connectivity index (χ1) is 13.5. The molecule has 1 N–H and O–H groups in total. The smallest absolute Gasteiger partial charge is 0.254 e. The van der Waals surface area contributed by atoms with Crippen LogP contribution in [0.2, 0.25) is 0 Å². The predicted molar refractivity (Wildman–Crippen MR) is 106 cm³/mol. The van der Waals surface area contributed by atoms with Crippen LogP contribution in [0.15, 0.2) is 48.7 Å². The van der Waals surface area contributed by atoms with Gasteiger partial charge in [0.1, 0.15) is 0 Å². The molecule has 0 unspecified atom stereocenters. The van der Waals surface area contributed by atoms with Crippen LogP contribution in [-0.2, 0) is 10.0 Å². The van der Waals surface area contributed by atoms with Gasteiger partial charge in [-0.2, -0.15) is 0 Å². The third-order valence-corrected chi connectivity index (χ3v) is 6.22. The highest BCUT2D eigenvalue weighted by Gasteiger charge is 2.33. The zero-order valence-electron chi connectivity index (χ0n) is 15.4. The van der Waals surface area contributed by atoms with Crippen LogP contribution < -0.4 is 4.72 Å². The van der Waals surface area contributed by atoms with Gasteiger partial charge in [-0.1, -0.05) is 12.1 Å². The molecule has 28 heavy (non-hydrogen) atoms. The van der Waals surface area contributed by atoms with Gasteiger partial charge in [0.05, 0.1) is 11.8 Å². The molecule has 1 fully saturated rings. The second-order valence-corrected chi connectivity index (χ2v) is 8.74. The first-order valence-electron chi connectivity index (χ1n) is 9.19. The van der Waals surface area contributed by atoms with Crippen molar-refractivity contribution in [3.8, 4) is 0 Å². The Labute approximate surface area is 163 Å². The van der Waals surface area contributed by atoms with Gasteiger partial charge in [0.2, 0.25) is 10.0 Å². The molecule has 8 nitrogen and oxygen atoms in total. The van der Waals surface area contributed by atoms with E-state index < -0.39 is 10.0 Å². The van der Waals surface area contributed by atoms with Gasteiger partial charge in [0.25, 0.3) is 5.91 Å². The van der Waals surface area contributed by atoms with E-state index in [1.165, 1.54) is 0 Å². The number of hydrogen-bond donors (Lipinski definition) is 1. The molecule has 1 saturated heterocycles. The maximum absolute atomic E-state index is 13.2. The maximum Gasteiger partial charge on any atom is 0.254 e. The second kappa shape index (κ2) is 7.23. The second-order valence-electron chi connectivity index (χ2n) is 6.73. The van der Waals surface area contributed by atoms with Crippen molar-refractivity contribution in [3.05, 3.63) is 60.0 Å². The number of pyridine rings is 1. The number of rotatable bonds is 5. The number of benzene rings is 1. The minimum absolute atomic E-state index is 0.0284. The molecule has 1 aliphatic rings. The van der Waals surface area contributed by atoms with E-state index in [1.54, 1.807) is 36.1 Å². The first kappa shape index (κ1) is 18.4. The molecule has 1 amide bonds. The molecule has 2 aromatic heterocycles. The number of amides is 1. The summed E-state index contributed by atoms with van der Waals surface area (Å²) in [5, 5.41) is 8.50. The Balaban J connectivity index is 1.62. The third-order valence-electron chi connectivity index (χ3n) is 4.91. The number of nitrogens with one attached hydrogen (secondary N) is 1. The number of carbonyl (C=O) groups is 1. The van der Waals surface area contributed by atoms with E-state index in [4.69, 9.17) is 0 Å². The van der Waals surface area contributed by atoms with Gasteiger partial charge in [-0.15, -0.1) is 10.2 Å². The maximum atomic E-state index is 13.2. The number of sulfonamides is 1. The molecule has 1 aliphatic heterocycles. The Morgan fingerprint density at radius 3 is 2.89 bits per heavy atom. The minimum atomic E-state index is -3.40. The van der Waals surface area contributed by atoms with Gasteiger partial charge >= 0.3 is 0 Å². The predicted octanol–water partition coefficient (Wildman–Crippen LogP) is 2.47. The lowest BCUT2D eigenvalue weighted by molar-refractivity contribution is 0.0729. The van der Waals surface area contributed by atoms with Crippen LogP contribution >= 0.6 is 0 Å². The van der Waals surface area contributed by atoms with E-state index in [0.717, 1.165) is 24.3 Å². The van der Waals surface area contributed by atoms with Crippen LogP contribution in [0, 0.1) is 0 Å². The molecule has 1 atom stereocenters. The fraction of sp³-hybridized carbons (Fsp3) is 0.316. The molecule has 3 heterocycles. The number of carbonyl (C=O) groups excluding carboxylic acids is 1. The van der Waals surface area contributed by atoms with Crippen LogP contribution in [0.4, 0.5) is 5.69 Å². The zero-order chi connectivity index (χ0) is 19.7. The molecule has 0 radical (unpaired) electrons. The molecule has 0 aliphatic carbocycles. The largest absolute Gasteiger partial charge is 0.328 e. The first-order valence-corrected chi connectivity index (χ1v) is 10.8. The number of likely N-dealkylation sites (tertiary alicyclic amines) is 1. The van der Waals surface area contributed by atoms with Crippen LogP contribution in [-0.4, -0.2) is 46.1 Å².